The van der Waals surface area contributed by atoms with E-state index in [2.05, 4.69) is 0 Å². The zero-order valence-corrected chi connectivity index (χ0v) is 18.3. The highest BCUT2D eigenvalue weighted by Crippen LogP contribution is 2.45. The molecule has 3 fully saturated rings. The maximum absolute atomic E-state index is 13.6. The summed E-state index contributed by atoms with van der Waals surface area (Å²) in [4.78, 5) is 43.0. The zero-order valence-electron chi connectivity index (χ0n) is 17.5. The van der Waals surface area contributed by atoms with Gasteiger partial charge in [0, 0.05) is 43.5 Å². The van der Waals surface area contributed by atoms with E-state index in [1.807, 2.05) is 71.3 Å². The van der Waals surface area contributed by atoms with Gasteiger partial charge in [-0.1, -0.05) is 54.6 Å². The van der Waals surface area contributed by atoms with Crippen molar-refractivity contribution in [3.8, 4) is 11.1 Å². The maximum atomic E-state index is 13.6. The van der Waals surface area contributed by atoms with Crippen molar-refractivity contribution in [2.45, 2.75) is 37.1 Å². The van der Waals surface area contributed by atoms with Gasteiger partial charge in [0.25, 0.3) is 0 Å². The van der Waals surface area contributed by atoms with Crippen LogP contribution in [0.2, 0.25) is 0 Å². The molecule has 0 N–H and O–H groups in total. The molecule has 1 saturated carbocycles. The minimum absolute atomic E-state index is 0.0203. The standard InChI is InChI=1S/C25H26N2O3S/c28-22(26-12-14-31-15-13-26)16-25(17-23(29)27(24(25)30)21-10-11-21)20-8-6-19(7-9-20)18-4-2-1-3-5-18/h1-9,21H,10-17H2. The number of carbonyl (C=O) groups is 3. The van der Waals surface area contributed by atoms with Gasteiger partial charge >= 0.3 is 0 Å². The maximum Gasteiger partial charge on any atom is 0.241 e. The van der Waals surface area contributed by atoms with Crippen LogP contribution >= 0.6 is 11.8 Å². The molecule has 2 saturated heterocycles. The molecule has 3 aliphatic rings. The molecule has 2 aromatic carbocycles. The van der Waals surface area contributed by atoms with Crippen LogP contribution in [0, 0.1) is 0 Å². The van der Waals surface area contributed by atoms with E-state index in [0.29, 0.717) is 13.1 Å². The highest BCUT2D eigenvalue weighted by Gasteiger charge is 2.57. The van der Waals surface area contributed by atoms with Crippen molar-refractivity contribution in [1.29, 1.82) is 0 Å². The average molecular weight is 435 g/mol. The van der Waals surface area contributed by atoms with E-state index in [4.69, 9.17) is 0 Å². The largest absolute Gasteiger partial charge is 0.341 e. The van der Waals surface area contributed by atoms with Gasteiger partial charge in [-0.3, -0.25) is 19.3 Å². The van der Waals surface area contributed by atoms with Crippen molar-refractivity contribution in [3.63, 3.8) is 0 Å². The van der Waals surface area contributed by atoms with Crippen LogP contribution in [0.4, 0.5) is 0 Å². The van der Waals surface area contributed by atoms with Crippen molar-refractivity contribution in [1.82, 2.24) is 9.80 Å². The minimum atomic E-state index is -1.09. The summed E-state index contributed by atoms with van der Waals surface area (Å²) < 4.78 is 0. The Morgan fingerprint density at radius 2 is 1.58 bits per heavy atom. The summed E-state index contributed by atoms with van der Waals surface area (Å²) in [5.74, 6) is 1.50. The highest BCUT2D eigenvalue weighted by atomic mass is 32.2. The van der Waals surface area contributed by atoms with E-state index < -0.39 is 5.41 Å². The number of hydrogen-bond donors (Lipinski definition) is 0. The monoisotopic (exact) mass is 434 g/mol. The Kier molecular flexibility index (Phi) is 5.34. The SMILES string of the molecule is O=C(CC1(c2ccc(-c3ccccc3)cc2)CC(=O)N(C2CC2)C1=O)N1CCSCC1. The van der Waals surface area contributed by atoms with Gasteiger partial charge in [-0.2, -0.15) is 11.8 Å². The van der Waals surface area contributed by atoms with Gasteiger partial charge in [0.05, 0.1) is 5.41 Å². The van der Waals surface area contributed by atoms with Crippen LogP contribution in [0.3, 0.4) is 0 Å². The molecule has 1 aliphatic carbocycles. The molecule has 0 aromatic heterocycles. The summed E-state index contributed by atoms with van der Waals surface area (Å²) in [5, 5.41) is 0. The molecule has 2 aromatic rings. The van der Waals surface area contributed by atoms with Gasteiger partial charge < -0.3 is 4.90 Å². The molecule has 3 amide bonds. The Hall–Kier alpha value is -2.60. The lowest BCUT2D eigenvalue weighted by Gasteiger charge is -2.32. The summed E-state index contributed by atoms with van der Waals surface area (Å²) in [6, 6.07) is 17.9. The van der Waals surface area contributed by atoms with Crippen molar-refractivity contribution in [2.75, 3.05) is 24.6 Å². The molecule has 0 spiro atoms. The molecular formula is C25H26N2O3S. The number of likely N-dealkylation sites (tertiary alicyclic amines) is 1. The van der Waals surface area contributed by atoms with Gasteiger partial charge in [-0.15, -0.1) is 0 Å². The predicted molar refractivity (Wildman–Crippen MR) is 122 cm³/mol. The number of imide groups is 1. The van der Waals surface area contributed by atoms with Crippen molar-refractivity contribution >= 4 is 29.5 Å². The second-order valence-corrected chi connectivity index (χ2v) is 9.90. The first-order valence-corrected chi connectivity index (χ1v) is 12.1. The highest BCUT2D eigenvalue weighted by molar-refractivity contribution is 7.99. The predicted octanol–water partition coefficient (Wildman–Crippen LogP) is 3.48. The molecule has 31 heavy (non-hydrogen) atoms. The molecule has 0 bridgehead atoms. The number of nitrogens with zero attached hydrogens (tertiary/aromatic N) is 2. The third-order valence-corrected chi connectivity index (χ3v) is 7.57. The number of rotatable bonds is 5. The summed E-state index contributed by atoms with van der Waals surface area (Å²) in [6.07, 6.45) is 1.90. The molecule has 2 aliphatic heterocycles. The molecular weight excluding hydrogens is 408 g/mol. The van der Waals surface area contributed by atoms with Crippen LogP contribution in [0.1, 0.15) is 31.2 Å². The number of carbonyl (C=O) groups excluding carboxylic acids is 3. The first-order valence-electron chi connectivity index (χ1n) is 11.0. The molecule has 6 heteroatoms. The van der Waals surface area contributed by atoms with E-state index in [9.17, 15) is 14.4 Å². The Balaban J connectivity index is 1.49. The molecule has 5 rings (SSSR count). The van der Waals surface area contributed by atoms with Crippen molar-refractivity contribution in [2.24, 2.45) is 0 Å². The second kappa shape index (κ2) is 8.15. The minimum Gasteiger partial charge on any atom is -0.341 e. The Morgan fingerprint density at radius 1 is 0.935 bits per heavy atom. The molecule has 0 radical (unpaired) electrons. The quantitative estimate of drug-likeness (QED) is 0.676. The normalized spacial score (nSPS) is 24.0. The first-order chi connectivity index (χ1) is 15.1. The lowest BCUT2D eigenvalue weighted by molar-refractivity contribution is -0.143. The van der Waals surface area contributed by atoms with Crippen molar-refractivity contribution < 1.29 is 14.4 Å². The van der Waals surface area contributed by atoms with E-state index in [0.717, 1.165) is 41.0 Å². The van der Waals surface area contributed by atoms with Crippen molar-refractivity contribution in [3.05, 3.63) is 60.2 Å². The zero-order chi connectivity index (χ0) is 21.4. The van der Waals surface area contributed by atoms with Gasteiger partial charge in [-0.25, -0.2) is 0 Å². The number of amides is 3. The third kappa shape index (κ3) is 3.78. The Labute approximate surface area is 186 Å². The number of benzene rings is 2. The lowest BCUT2D eigenvalue weighted by atomic mass is 9.75. The van der Waals surface area contributed by atoms with E-state index in [1.165, 1.54) is 4.90 Å². The van der Waals surface area contributed by atoms with E-state index in [-0.39, 0.29) is 36.6 Å². The van der Waals surface area contributed by atoms with Crippen LogP contribution in [0.5, 0.6) is 0 Å². The van der Waals surface area contributed by atoms with E-state index >= 15 is 0 Å². The average Bonchev–Trinajstić information content (AvgIpc) is 3.61. The summed E-state index contributed by atoms with van der Waals surface area (Å²) in [6.45, 7) is 1.42. The van der Waals surface area contributed by atoms with Gasteiger partial charge in [0.1, 0.15) is 0 Å². The van der Waals surface area contributed by atoms with Crippen LogP contribution in [-0.2, 0) is 19.8 Å². The Morgan fingerprint density at radius 3 is 2.23 bits per heavy atom. The van der Waals surface area contributed by atoms with Gasteiger partial charge in [0.15, 0.2) is 0 Å². The molecule has 1 atom stereocenters. The summed E-state index contributed by atoms with van der Waals surface area (Å²) in [5.41, 5.74) is 1.83. The molecule has 5 nitrogen and oxygen atoms in total. The third-order valence-electron chi connectivity index (χ3n) is 6.62. The molecule has 1 unspecified atom stereocenters. The smallest absolute Gasteiger partial charge is 0.241 e. The van der Waals surface area contributed by atoms with Crippen LogP contribution < -0.4 is 0 Å². The van der Waals surface area contributed by atoms with Crippen LogP contribution in [0.15, 0.2) is 54.6 Å². The second-order valence-electron chi connectivity index (χ2n) is 8.67. The number of hydrogen-bond acceptors (Lipinski definition) is 4. The Bertz CT molecular complexity index is 997. The lowest BCUT2D eigenvalue weighted by Crippen LogP contribution is -2.45. The topological polar surface area (TPSA) is 57.7 Å². The van der Waals surface area contributed by atoms with Crippen LogP contribution in [-0.4, -0.2) is 58.2 Å². The van der Waals surface area contributed by atoms with Gasteiger partial charge in [0.2, 0.25) is 17.7 Å². The molecule has 160 valence electrons. The number of thioether (sulfide) groups is 1. The fourth-order valence-electron chi connectivity index (χ4n) is 4.73. The van der Waals surface area contributed by atoms with Gasteiger partial charge in [-0.05, 0) is 29.5 Å². The van der Waals surface area contributed by atoms with E-state index in [1.54, 1.807) is 0 Å². The summed E-state index contributed by atoms with van der Waals surface area (Å²) in [7, 11) is 0. The molecule has 2 heterocycles. The van der Waals surface area contributed by atoms with Crippen LogP contribution in [0.25, 0.3) is 11.1 Å². The summed E-state index contributed by atoms with van der Waals surface area (Å²) >= 11 is 1.84. The fourth-order valence-corrected chi connectivity index (χ4v) is 5.63. The first kappa shape index (κ1) is 20.3. The fraction of sp³-hybridized carbons (Fsp3) is 0.400.